The van der Waals surface area contributed by atoms with E-state index in [1.165, 1.54) is 0 Å². The lowest BCUT2D eigenvalue weighted by Gasteiger charge is -2.21. The number of nitrogens with zero attached hydrogens (tertiary/aromatic N) is 5. The molecule has 0 aliphatic rings. The average molecular weight is 461 g/mol. The van der Waals surface area contributed by atoms with Gasteiger partial charge in [0.1, 0.15) is 0 Å². The van der Waals surface area contributed by atoms with Crippen LogP contribution in [0, 0.1) is 11.3 Å². The van der Waals surface area contributed by atoms with Crippen LogP contribution in [0.25, 0.3) is 11.0 Å². The second-order valence-corrected chi connectivity index (χ2v) is 7.94. The molecule has 2 aromatic carbocycles. The third-order valence-electron chi connectivity index (χ3n) is 5.82. The van der Waals surface area contributed by atoms with Crippen LogP contribution in [0.1, 0.15) is 33.1 Å². The van der Waals surface area contributed by atoms with Gasteiger partial charge in [0, 0.05) is 38.2 Å². The summed E-state index contributed by atoms with van der Waals surface area (Å²) in [6.07, 6.45) is 0.309. The molecule has 8 heteroatoms. The number of nitrogens with one attached hydrogen (secondary N) is 1. The van der Waals surface area contributed by atoms with Crippen molar-refractivity contribution in [3.05, 3.63) is 54.6 Å². The summed E-state index contributed by atoms with van der Waals surface area (Å²) in [7, 11) is 0. The van der Waals surface area contributed by atoms with Gasteiger partial charge in [-0.1, -0.05) is 44.2 Å². The van der Waals surface area contributed by atoms with Crippen molar-refractivity contribution in [2.24, 2.45) is 0 Å². The summed E-state index contributed by atoms with van der Waals surface area (Å²) >= 11 is 0. The molecule has 1 heterocycles. The predicted molar refractivity (Wildman–Crippen MR) is 134 cm³/mol. The summed E-state index contributed by atoms with van der Waals surface area (Å²) in [5.41, 5.74) is 2.51. The lowest BCUT2D eigenvalue weighted by molar-refractivity contribution is -0.122. The van der Waals surface area contributed by atoms with Gasteiger partial charge in [0.05, 0.1) is 23.5 Å². The number of para-hydroxylation sites is 3. The number of carbonyl (C=O) groups excluding carboxylic acids is 2. The number of aromatic nitrogens is 2. The molecule has 0 saturated heterocycles. The Labute approximate surface area is 200 Å². The van der Waals surface area contributed by atoms with E-state index in [4.69, 9.17) is 5.26 Å². The van der Waals surface area contributed by atoms with Crippen molar-refractivity contribution >= 4 is 34.5 Å². The first kappa shape index (κ1) is 24.9. The van der Waals surface area contributed by atoms with E-state index in [1.54, 1.807) is 4.90 Å². The van der Waals surface area contributed by atoms with Crippen LogP contribution < -0.4 is 10.2 Å². The van der Waals surface area contributed by atoms with Crippen molar-refractivity contribution in [1.82, 2.24) is 14.5 Å². The molecule has 0 aliphatic carbocycles. The maximum atomic E-state index is 12.9. The van der Waals surface area contributed by atoms with E-state index in [0.29, 0.717) is 19.0 Å². The molecule has 8 nitrogen and oxygen atoms in total. The fourth-order valence-electron chi connectivity index (χ4n) is 3.89. The SMILES string of the molecule is CCN(CC)CCn1c(NC(=O)CCC(=O)N(CCC#N)c2ccccc2)nc2ccccc21. The van der Waals surface area contributed by atoms with Crippen LogP contribution in [-0.2, 0) is 16.1 Å². The highest BCUT2D eigenvalue weighted by Gasteiger charge is 2.18. The van der Waals surface area contributed by atoms with Crippen molar-refractivity contribution in [2.75, 3.05) is 36.4 Å². The zero-order chi connectivity index (χ0) is 24.3. The van der Waals surface area contributed by atoms with Gasteiger partial charge in [-0.15, -0.1) is 0 Å². The van der Waals surface area contributed by atoms with Gasteiger partial charge in [-0.2, -0.15) is 5.26 Å². The number of fused-ring (bicyclic) bond motifs is 1. The Kier molecular flexibility index (Phi) is 9.18. The third kappa shape index (κ3) is 6.42. The standard InChI is InChI=1S/C26H32N6O2/c1-3-30(4-2)19-20-32-23-14-9-8-13-22(23)28-26(32)29-24(33)15-16-25(34)31(18-10-17-27)21-11-6-5-7-12-21/h5-9,11-14H,3-4,10,15-16,18-20H2,1-2H3,(H,28,29,33). The molecule has 2 amide bonds. The predicted octanol–water partition coefficient (Wildman–Crippen LogP) is 4.04. The Morgan fingerprint density at radius 1 is 1.00 bits per heavy atom. The number of hydrogen-bond acceptors (Lipinski definition) is 5. The van der Waals surface area contributed by atoms with Gasteiger partial charge in [0.25, 0.3) is 0 Å². The minimum atomic E-state index is -0.263. The number of hydrogen-bond donors (Lipinski definition) is 1. The largest absolute Gasteiger partial charge is 0.311 e. The average Bonchev–Trinajstić information content (AvgIpc) is 3.21. The van der Waals surface area contributed by atoms with E-state index >= 15 is 0 Å². The van der Waals surface area contributed by atoms with Crippen molar-refractivity contribution in [3.8, 4) is 6.07 Å². The smallest absolute Gasteiger partial charge is 0.227 e. The monoisotopic (exact) mass is 460 g/mol. The minimum absolute atomic E-state index is 0.0357. The number of amides is 2. The highest BCUT2D eigenvalue weighted by atomic mass is 16.2. The Morgan fingerprint density at radius 2 is 1.71 bits per heavy atom. The third-order valence-corrected chi connectivity index (χ3v) is 5.82. The van der Waals surface area contributed by atoms with Crippen molar-refractivity contribution in [2.45, 2.75) is 39.7 Å². The lowest BCUT2D eigenvalue weighted by Crippen LogP contribution is -2.32. The van der Waals surface area contributed by atoms with Gasteiger partial charge in [0.15, 0.2) is 0 Å². The second kappa shape index (κ2) is 12.5. The molecule has 0 fully saturated rings. The fraction of sp³-hybridized carbons (Fsp3) is 0.385. The maximum absolute atomic E-state index is 12.9. The van der Waals surface area contributed by atoms with Crippen molar-refractivity contribution in [1.29, 1.82) is 5.26 Å². The van der Waals surface area contributed by atoms with Gasteiger partial charge >= 0.3 is 0 Å². The van der Waals surface area contributed by atoms with Gasteiger partial charge < -0.3 is 14.4 Å². The van der Waals surface area contributed by atoms with Gasteiger partial charge in [0.2, 0.25) is 17.8 Å². The van der Waals surface area contributed by atoms with Gasteiger partial charge in [-0.3, -0.25) is 14.9 Å². The highest BCUT2D eigenvalue weighted by molar-refractivity contribution is 5.98. The molecule has 0 radical (unpaired) electrons. The van der Waals surface area contributed by atoms with E-state index in [2.05, 4.69) is 35.1 Å². The zero-order valence-corrected chi connectivity index (χ0v) is 19.9. The topological polar surface area (TPSA) is 94.3 Å². The molecule has 0 aliphatic heterocycles. The van der Waals surface area contributed by atoms with Crippen molar-refractivity contribution in [3.63, 3.8) is 0 Å². The molecule has 0 atom stereocenters. The molecule has 34 heavy (non-hydrogen) atoms. The first-order valence-corrected chi connectivity index (χ1v) is 11.8. The van der Waals surface area contributed by atoms with Crippen LogP contribution in [0.4, 0.5) is 11.6 Å². The molecule has 1 N–H and O–H groups in total. The summed E-state index contributed by atoms with van der Waals surface area (Å²) in [5.74, 6) is 0.0443. The highest BCUT2D eigenvalue weighted by Crippen LogP contribution is 2.20. The molecule has 0 saturated carbocycles. The van der Waals surface area contributed by atoms with Gasteiger partial charge in [-0.25, -0.2) is 4.98 Å². The van der Waals surface area contributed by atoms with Gasteiger partial charge in [-0.05, 0) is 37.4 Å². The molecule has 0 bridgehead atoms. The Hall–Kier alpha value is -3.70. The van der Waals surface area contributed by atoms with Crippen molar-refractivity contribution < 1.29 is 9.59 Å². The molecule has 178 valence electrons. The summed E-state index contributed by atoms with van der Waals surface area (Å²) in [6.45, 7) is 8.01. The first-order valence-electron chi connectivity index (χ1n) is 11.8. The summed E-state index contributed by atoms with van der Waals surface area (Å²) < 4.78 is 2.02. The number of imidazole rings is 1. The minimum Gasteiger partial charge on any atom is -0.311 e. The molecular weight excluding hydrogens is 428 g/mol. The molecule has 3 rings (SSSR count). The quantitative estimate of drug-likeness (QED) is 0.440. The molecule has 3 aromatic rings. The number of likely N-dealkylation sites (N-methyl/N-ethyl adjacent to an activating group) is 1. The van der Waals surface area contributed by atoms with Crippen LogP contribution >= 0.6 is 0 Å². The number of carbonyl (C=O) groups is 2. The lowest BCUT2D eigenvalue weighted by atomic mass is 10.2. The molecular formula is C26H32N6O2. The number of anilines is 2. The molecule has 0 spiro atoms. The first-order chi connectivity index (χ1) is 16.6. The van der Waals surface area contributed by atoms with Crippen LogP contribution in [0.5, 0.6) is 0 Å². The number of rotatable bonds is 12. The molecule has 0 unspecified atom stereocenters. The Morgan fingerprint density at radius 3 is 2.41 bits per heavy atom. The summed E-state index contributed by atoms with van der Waals surface area (Å²) in [6, 6.07) is 19.1. The maximum Gasteiger partial charge on any atom is 0.227 e. The van der Waals surface area contributed by atoms with E-state index in [-0.39, 0.29) is 31.1 Å². The zero-order valence-electron chi connectivity index (χ0n) is 19.9. The molecule has 1 aromatic heterocycles. The van der Waals surface area contributed by atoms with Crippen LogP contribution in [0.2, 0.25) is 0 Å². The fourth-order valence-corrected chi connectivity index (χ4v) is 3.89. The number of benzene rings is 2. The van der Waals surface area contributed by atoms with E-state index in [0.717, 1.165) is 36.4 Å². The normalized spacial score (nSPS) is 10.9. The summed E-state index contributed by atoms with van der Waals surface area (Å²) in [5, 5.41) is 11.9. The van der Waals surface area contributed by atoms with E-state index < -0.39 is 0 Å². The van der Waals surface area contributed by atoms with E-state index in [1.807, 2.05) is 59.2 Å². The van der Waals surface area contributed by atoms with E-state index in [9.17, 15) is 9.59 Å². The summed E-state index contributed by atoms with van der Waals surface area (Å²) in [4.78, 5) is 34.1. The van der Waals surface area contributed by atoms with Crippen LogP contribution in [0.15, 0.2) is 54.6 Å². The van der Waals surface area contributed by atoms with Crippen LogP contribution in [-0.4, -0.2) is 52.4 Å². The number of nitriles is 1. The second-order valence-electron chi connectivity index (χ2n) is 7.94. The van der Waals surface area contributed by atoms with Crippen LogP contribution in [0.3, 0.4) is 0 Å². The Bertz CT molecular complexity index is 1130. The Balaban J connectivity index is 1.68.